The average Bonchev–Trinajstić information content (AvgIpc) is 3.24. The molecule has 0 saturated carbocycles. The summed E-state index contributed by atoms with van der Waals surface area (Å²) in [6.45, 7) is 0.483. The first-order chi connectivity index (χ1) is 17.8. The first kappa shape index (κ1) is 28.1. The highest BCUT2D eigenvalue weighted by Gasteiger charge is 2.30. The van der Waals surface area contributed by atoms with E-state index < -0.39 is 35.0 Å². The average molecular weight is 530 g/mol. The number of methoxy groups -OCH3 is 1. The number of unbranched alkanes of at least 4 members (excludes halogenated alkanes) is 1. The van der Waals surface area contributed by atoms with E-state index >= 15 is 0 Å². The number of hydrogen-bond acceptors (Lipinski definition) is 9. The SMILES string of the molecule is COC(=O)[C@H](Cc1c(Sc2ccccc2[N+](=O)[O-])[nH]c2ccccc12)NC(=O)C(O)[C@@H](N)CCCCN. The lowest BCUT2D eigenvalue weighted by Crippen LogP contribution is -2.52. The number of aliphatic hydroxyl groups is 1. The standard InChI is InChI=1S/C25H31N5O6S/c1-36-25(33)19(28-23(32)22(31)17(27)9-6-7-13-26)14-16-15-8-2-3-10-18(15)29-24(16)37-21-12-5-4-11-20(21)30(34)35/h2-5,8,10-12,17,19,22,29,31H,6-7,9,13-14,26-27H2,1H3,(H,28,32)/t17-,19-,22?/m0/s1. The van der Waals surface area contributed by atoms with Crippen molar-refractivity contribution in [3.8, 4) is 0 Å². The largest absolute Gasteiger partial charge is 0.467 e. The third-order valence-corrected chi connectivity index (χ3v) is 7.04. The molecule has 0 radical (unpaired) electrons. The summed E-state index contributed by atoms with van der Waals surface area (Å²) in [4.78, 5) is 40.2. The zero-order valence-corrected chi connectivity index (χ0v) is 21.2. The molecule has 3 rings (SSSR count). The van der Waals surface area contributed by atoms with Gasteiger partial charge in [-0.15, -0.1) is 0 Å². The molecule has 0 aliphatic heterocycles. The van der Waals surface area contributed by atoms with Gasteiger partial charge in [0.25, 0.3) is 11.6 Å². The molecule has 2 aromatic carbocycles. The molecule has 1 heterocycles. The monoisotopic (exact) mass is 529 g/mol. The van der Waals surface area contributed by atoms with E-state index in [-0.39, 0.29) is 12.1 Å². The van der Waals surface area contributed by atoms with Gasteiger partial charge in [0.2, 0.25) is 0 Å². The Morgan fingerprint density at radius 3 is 2.59 bits per heavy atom. The first-order valence-electron chi connectivity index (χ1n) is 11.8. The third kappa shape index (κ3) is 7.07. The van der Waals surface area contributed by atoms with Crippen molar-refractivity contribution in [3.05, 3.63) is 64.2 Å². The van der Waals surface area contributed by atoms with Crippen LogP contribution in [0.25, 0.3) is 10.9 Å². The van der Waals surface area contributed by atoms with Crippen LogP contribution in [0.4, 0.5) is 5.69 Å². The molecular formula is C25H31N5O6S. The van der Waals surface area contributed by atoms with Crippen molar-refractivity contribution in [2.45, 2.75) is 53.8 Å². The fourth-order valence-corrected chi connectivity index (χ4v) is 5.03. The number of aromatic amines is 1. The van der Waals surface area contributed by atoms with Gasteiger partial charge in [-0.1, -0.05) is 48.5 Å². The van der Waals surface area contributed by atoms with Crippen LogP contribution in [-0.2, 0) is 20.7 Å². The minimum absolute atomic E-state index is 0.0144. The number of aliphatic hydroxyl groups excluding tert-OH is 1. The number of nitro groups is 1. The highest BCUT2D eigenvalue weighted by atomic mass is 32.2. The van der Waals surface area contributed by atoms with Gasteiger partial charge in [0, 0.05) is 29.4 Å². The fraction of sp³-hybridized carbons (Fsp3) is 0.360. The number of benzene rings is 2. The second-order valence-corrected chi connectivity index (χ2v) is 9.54. The summed E-state index contributed by atoms with van der Waals surface area (Å²) >= 11 is 1.16. The van der Waals surface area contributed by atoms with Gasteiger partial charge in [-0.2, -0.15) is 0 Å². The van der Waals surface area contributed by atoms with Gasteiger partial charge >= 0.3 is 5.97 Å². The van der Waals surface area contributed by atoms with Gasteiger partial charge in [-0.25, -0.2) is 4.79 Å². The van der Waals surface area contributed by atoms with E-state index in [1.807, 2.05) is 24.3 Å². The Morgan fingerprint density at radius 2 is 1.89 bits per heavy atom. The molecule has 3 atom stereocenters. The van der Waals surface area contributed by atoms with Gasteiger partial charge in [-0.3, -0.25) is 14.9 Å². The van der Waals surface area contributed by atoms with Crippen LogP contribution < -0.4 is 16.8 Å². The smallest absolute Gasteiger partial charge is 0.328 e. The Hall–Kier alpha value is -3.45. The number of para-hydroxylation sites is 2. The number of hydrogen-bond donors (Lipinski definition) is 5. The number of rotatable bonds is 13. The topological polar surface area (TPSA) is 187 Å². The van der Waals surface area contributed by atoms with Crippen LogP contribution in [0, 0.1) is 10.1 Å². The quantitative estimate of drug-likeness (QED) is 0.0957. The molecule has 198 valence electrons. The van der Waals surface area contributed by atoms with Crippen molar-refractivity contribution >= 4 is 40.2 Å². The summed E-state index contributed by atoms with van der Waals surface area (Å²) in [6, 6.07) is 11.8. The maximum absolute atomic E-state index is 12.8. The number of aromatic nitrogens is 1. The molecule has 1 unspecified atom stereocenters. The third-order valence-electron chi connectivity index (χ3n) is 5.92. The minimum atomic E-state index is -1.52. The number of nitrogens with two attached hydrogens (primary N) is 2. The van der Waals surface area contributed by atoms with Crippen molar-refractivity contribution in [2.24, 2.45) is 11.5 Å². The van der Waals surface area contributed by atoms with E-state index in [0.29, 0.717) is 41.3 Å². The van der Waals surface area contributed by atoms with E-state index in [4.69, 9.17) is 16.2 Å². The predicted molar refractivity (Wildman–Crippen MR) is 140 cm³/mol. The van der Waals surface area contributed by atoms with E-state index in [1.165, 1.54) is 13.2 Å². The first-order valence-corrected chi connectivity index (χ1v) is 12.6. The van der Waals surface area contributed by atoms with Crippen molar-refractivity contribution in [3.63, 3.8) is 0 Å². The van der Waals surface area contributed by atoms with Crippen LogP contribution in [0.3, 0.4) is 0 Å². The van der Waals surface area contributed by atoms with E-state index in [2.05, 4.69) is 10.3 Å². The Kier molecular flexibility index (Phi) is 10.0. The Bertz CT molecular complexity index is 1250. The summed E-state index contributed by atoms with van der Waals surface area (Å²) in [5.41, 5.74) is 12.8. The van der Waals surface area contributed by atoms with Crippen molar-refractivity contribution in [1.82, 2.24) is 10.3 Å². The second kappa shape index (κ2) is 13.2. The molecule has 0 spiro atoms. The predicted octanol–water partition coefficient (Wildman–Crippen LogP) is 2.24. The van der Waals surface area contributed by atoms with Gasteiger partial charge in [0.05, 0.1) is 22.0 Å². The van der Waals surface area contributed by atoms with Crippen molar-refractivity contribution in [1.29, 1.82) is 0 Å². The number of fused-ring (bicyclic) bond motifs is 1. The summed E-state index contributed by atoms with van der Waals surface area (Å²) in [6.07, 6.45) is 0.264. The number of H-pyrrole nitrogens is 1. The highest BCUT2D eigenvalue weighted by Crippen LogP contribution is 2.39. The van der Waals surface area contributed by atoms with Gasteiger partial charge in [0.1, 0.15) is 12.1 Å². The number of nitrogens with one attached hydrogen (secondary N) is 2. The molecular weight excluding hydrogens is 498 g/mol. The Balaban J connectivity index is 1.90. The lowest BCUT2D eigenvalue weighted by Gasteiger charge is -2.22. The second-order valence-electron chi connectivity index (χ2n) is 8.49. The van der Waals surface area contributed by atoms with Gasteiger partial charge in [-0.05, 0) is 37.1 Å². The number of nitro benzene ring substituents is 1. The number of nitrogens with zero attached hydrogens (tertiary/aromatic N) is 1. The van der Waals surface area contributed by atoms with Crippen LogP contribution in [0.2, 0.25) is 0 Å². The number of ether oxygens (including phenoxy) is 1. The lowest BCUT2D eigenvalue weighted by atomic mass is 10.0. The van der Waals surface area contributed by atoms with Crippen LogP contribution in [-0.4, -0.2) is 58.7 Å². The highest BCUT2D eigenvalue weighted by molar-refractivity contribution is 7.99. The van der Waals surface area contributed by atoms with Crippen LogP contribution in [0.15, 0.2) is 58.5 Å². The van der Waals surface area contributed by atoms with E-state index in [0.717, 1.165) is 22.7 Å². The maximum Gasteiger partial charge on any atom is 0.328 e. The summed E-state index contributed by atoms with van der Waals surface area (Å²) < 4.78 is 4.92. The molecule has 37 heavy (non-hydrogen) atoms. The van der Waals surface area contributed by atoms with Crippen LogP contribution >= 0.6 is 11.8 Å². The Morgan fingerprint density at radius 1 is 1.19 bits per heavy atom. The molecule has 0 aliphatic carbocycles. The number of carbonyl (C=O) groups is 2. The summed E-state index contributed by atoms with van der Waals surface area (Å²) in [5, 5.41) is 25.9. The molecule has 0 aliphatic rings. The van der Waals surface area contributed by atoms with Gasteiger partial charge in [0.15, 0.2) is 0 Å². The number of esters is 1. The molecule has 0 fully saturated rings. The summed E-state index contributed by atoms with van der Waals surface area (Å²) in [5.74, 6) is -1.49. The van der Waals surface area contributed by atoms with Crippen LogP contribution in [0.5, 0.6) is 0 Å². The molecule has 3 aromatic rings. The maximum atomic E-state index is 12.8. The fourth-order valence-electron chi connectivity index (χ4n) is 3.94. The minimum Gasteiger partial charge on any atom is -0.467 e. The van der Waals surface area contributed by atoms with Crippen molar-refractivity contribution < 1.29 is 24.4 Å². The van der Waals surface area contributed by atoms with E-state index in [9.17, 15) is 24.8 Å². The van der Waals surface area contributed by atoms with Crippen LogP contribution in [0.1, 0.15) is 24.8 Å². The molecule has 1 aromatic heterocycles. The lowest BCUT2D eigenvalue weighted by molar-refractivity contribution is -0.387. The number of carbonyl (C=O) groups excluding carboxylic acids is 2. The molecule has 11 nitrogen and oxygen atoms in total. The molecule has 1 amide bonds. The molecule has 0 saturated heterocycles. The molecule has 12 heteroatoms. The summed E-state index contributed by atoms with van der Waals surface area (Å²) in [7, 11) is 1.20. The Labute approximate surface area is 218 Å². The molecule has 0 bridgehead atoms. The number of amides is 1. The van der Waals surface area contributed by atoms with Crippen molar-refractivity contribution in [2.75, 3.05) is 13.7 Å². The van der Waals surface area contributed by atoms with E-state index in [1.54, 1.807) is 18.2 Å². The zero-order chi connectivity index (χ0) is 26.9. The van der Waals surface area contributed by atoms with Gasteiger partial charge < -0.3 is 31.6 Å². The normalized spacial score (nSPS) is 13.6. The molecule has 7 N–H and O–H groups in total. The zero-order valence-electron chi connectivity index (χ0n) is 20.4.